The van der Waals surface area contributed by atoms with Crippen LogP contribution in [-0.4, -0.2) is 45.7 Å². The molecule has 0 N–H and O–H groups in total. The highest BCUT2D eigenvalue weighted by atomic mass is 32.1. The van der Waals surface area contributed by atoms with Crippen LogP contribution in [0.3, 0.4) is 0 Å². The van der Waals surface area contributed by atoms with Gasteiger partial charge in [0.15, 0.2) is 5.82 Å². The highest BCUT2D eigenvalue weighted by molar-refractivity contribution is 7.07. The van der Waals surface area contributed by atoms with Crippen LogP contribution in [0.25, 0.3) is 0 Å². The van der Waals surface area contributed by atoms with E-state index in [1.54, 1.807) is 29.8 Å². The third-order valence-electron chi connectivity index (χ3n) is 3.34. The standard InChI is InChI=1S/C12H14N4O3S/c1-7-14-11(19-15-7)10-3-8(18-2)4-16(10)12(17)9-5-20-6-13-9/h5-6,8,10H,3-4H2,1-2H3/t8-,10+/m0/s1. The molecule has 7 nitrogen and oxygen atoms in total. The van der Waals surface area contributed by atoms with Crippen molar-refractivity contribution in [3.05, 3.63) is 28.3 Å². The molecule has 0 radical (unpaired) electrons. The number of amides is 1. The van der Waals surface area contributed by atoms with Crippen LogP contribution in [0.15, 0.2) is 15.4 Å². The lowest BCUT2D eigenvalue weighted by molar-refractivity contribution is 0.0666. The van der Waals surface area contributed by atoms with Gasteiger partial charge in [-0.15, -0.1) is 11.3 Å². The van der Waals surface area contributed by atoms with Crippen LogP contribution in [-0.2, 0) is 4.74 Å². The van der Waals surface area contributed by atoms with Gasteiger partial charge in [-0.2, -0.15) is 4.98 Å². The minimum absolute atomic E-state index is 0.0326. The van der Waals surface area contributed by atoms with Crippen LogP contribution < -0.4 is 0 Å². The van der Waals surface area contributed by atoms with Crippen molar-refractivity contribution in [1.29, 1.82) is 0 Å². The first-order valence-electron chi connectivity index (χ1n) is 6.21. The molecule has 2 aromatic rings. The van der Waals surface area contributed by atoms with E-state index in [1.807, 2.05) is 0 Å². The van der Waals surface area contributed by atoms with Crippen LogP contribution >= 0.6 is 11.3 Å². The SMILES string of the molecule is CO[C@H]1C[C@H](c2nc(C)no2)N(C(=O)c2cscn2)C1. The minimum atomic E-state index is -0.254. The van der Waals surface area contributed by atoms with Gasteiger partial charge in [-0.25, -0.2) is 4.98 Å². The highest BCUT2D eigenvalue weighted by Crippen LogP contribution is 2.33. The van der Waals surface area contributed by atoms with E-state index in [9.17, 15) is 4.79 Å². The quantitative estimate of drug-likeness (QED) is 0.852. The van der Waals surface area contributed by atoms with Crippen molar-refractivity contribution in [2.75, 3.05) is 13.7 Å². The zero-order chi connectivity index (χ0) is 14.1. The summed E-state index contributed by atoms with van der Waals surface area (Å²) in [4.78, 5) is 22.5. The van der Waals surface area contributed by atoms with Crippen molar-refractivity contribution >= 4 is 17.2 Å². The molecule has 3 heterocycles. The number of carbonyl (C=O) groups is 1. The topological polar surface area (TPSA) is 81.4 Å². The Balaban J connectivity index is 1.88. The summed E-state index contributed by atoms with van der Waals surface area (Å²) < 4.78 is 10.6. The van der Waals surface area contributed by atoms with Gasteiger partial charge in [0.2, 0.25) is 5.89 Å². The molecule has 0 saturated carbocycles. The molecular weight excluding hydrogens is 280 g/mol. The normalized spacial score (nSPS) is 22.4. The maximum atomic E-state index is 12.5. The summed E-state index contributed by atoms with van der Waals surface area (Å²) in [7, 11) is 1.64. The van der Waals surface area contributed by atoms with E-state index in [-0.39, 0.29) is 18.1 Å². The second-order valence-corrected chi connectivity index (χ2v) is 5.34. The van der Waals surface area contributed by atoms with Crippen LogP contribution in [0.4, 0.5) is 0 Å². The Kier molecular flexibility index (Phi) is 3.49. The maximum absolute atomic E-state index is 12.5. The van der Waals surface area contributed by atoms with E-state index >= 15 is 0 Å². The smallest absolute Gasteiger partial charge is 0.274 e. The molecule has 20 heavy (non-hydrogen) atoms. The Morgan fingerprint density at radius 2 is 2.45 bits per heavy atom. The maximum Gasteiger partial charge on any atom is 0.274 e. The molecule has 2 atom stereocenters. The summed E-state index contributed by atoms with van der Waals surface area (Å²) in [6.45, 7) is 2.25. The fraction of sp³-hybridized carbons (Fsp3) is 0.500. The third-order valence-corrected chi connectivity index (χ3v) is 3.92. The van der Waals surface area contributed by atoms with Crippen LogP contribution in [0, 0.1) is 6.92 Å². The minimum Gasteiger partial charge on any atom is -0.380 e. The molecule has 3 rings (SSSR count). The van der Waals surface area contributed by atoms with Gasteiger partial charge in [-0.3, -0.25) is 4.79 Å². The molecule has 1 saturated heterocycles. The van der Waals surface area contributed by atoms with E-state index in [2.05, 4.69) is 15.1 Å². The second kappa shape index (κ2) is 5.29. The predicted molar refractivity (Wildman–Crippen MR) is 70.3 cm³/mol. The number of hydrogen-bond donors (Lipinski definition) is 0. The summed E-state index contributed by atoms with van der Waals surface area (Å²) in [5.41, 5.74) is 2.08. The number of ether oxygens (including phenoxy) is 1. The Bertz CT molecular complexity index is 598. The molecular formula is C12H14N4O3S. The van der Waals surface area contributed by atoms with E-state index in [4.69, 9.17) is 9.26 Å². The Hall–Kier alpha value is -1.80. The van der Waals surface area contributed by atoms with Gasteiger partial charge in [0.25, 0.3) is 5.91 Å². The lowest BCUT2D eigenvalue weighted by atomic mass is 10.2. The molecule has 106 valence electrons. The number of aromatic nitrogens is 3. The molecule has 0 aromatic carbocycles. The first-order chi connectivity index (χ1) is 9.69. The Morgan fingerprint density at radius 3 is 3.05 bits per heavy atom. The molecule has 1 amide bonds. The van der Waals surface area contributed by atoms with E-state index in [0.717, 1.165) is 0 Å². The van der Waals surface area contributed by atoms with Crippen molar-refractivity contribution in [3.8, 4) is 0 Å². The van der Waals surface area contributed by atoms with Crippen LogP contribution in [0.1, 0.15) is 34.7 Å². The summed E-state index contributed by atoms with van der Waals surface area (Å²) in [6.07, 6.45) is 0.614. The zero-order valence-electron chi connectivity index (χ0n) is 11.1. The van der Waals surface area contributed by atoms with Crippen molar-refractivity contribution in [1.82, 2.24) is 20.0 Å². The van der Waals surface area contributed by atoms with Crippen molar-refractivity contribution in [2.45, 2.75) is 25.5 Å². The van der Waals surface area contributed by atoms with Gasteiger partial charge in [0, 0.05) is 25.5 Å². The number of rotatable bonds is 3. The van der Waals surface area contributed by atoms with E-state index in [1.165, 1.54) is 11.3 Å². The zero-order valence-corrected chi connectivity index (χ0v) is 12.0. The van der Waals surface area contributed by atoms with Crippen LogP contribution in [0.5, 0.6) is 0 Å². The van der Waals surface area contributed by atoms with E-state index in [0.29, 0.717) is 30.4 Å². The number of carbonyl (C=O) groups excluding carboxylic acids is 1. The molecule has 1 fully saturated rings. The van der Waals surface area contributed by atoms with Crippen molar-refractivity contribution in [3.63, 3.8) is 0 Å². The molecule has 2 aromatic heterocycles. The average Bonchev–Trinajstić information content (AvgIpc) is 3.17. The van der Waals surface area contributed by atoms with Gasteiger partial charge in [0.1, 0.15) is 11.7 Å². The first-order valence-corrected chi connectivity index (χ1v) is 7.15. The third kappa shape index (κ3) is 2.32. The molecule has 0 bridgehead atoms. The summed E-state index contributed by atoms with van der Waals surface area (Å²) in [6, 6.07) is -0.254. The fourth-order valence-corrected chi connectivity index (χ4v) is 2.87. The fourth-order valence-electron chi connectivity index (χ4n) is 2.34. The lowest BCUT2D eigenvalue weighted by Crippen LogP contribution is -2.32. The number of hydrogen-bond acceptors (Lipinski definition) is 7. The van der Waals surface area contributed by atoms with Crippen LogP contribution in [0.2, 0.25) is 0 Å². The monoisotopic (exact) mass is 294 g/mol. The molecule has 1 aliphatic rings. The molecule has 0 unspecified atom stereocenters. The van der Waals surface area contributed by atoms with Gasteiger partial charge >= 0.3 is 0 Å². The summed E-state index contributed by atoms with van der Waals surface area (Å²) in [5, 5.41) is 5.52. The Morgan fingerprint density at radius 1 is 1.60 bits per heavy atom. The predicted octanol–water partition coefficient (Wildman–Crippen LogP) is 1.44. The molecule has 8 heteroatoms. The summed E-state index contributed by atoms with van der Waals surface area (Å²) in [5.74, 6) is 0.874. The second-order valence-electron chi connectivity index (χ2n) is 4.62. The molecule has 0 aliphatic carbocycles. The number of methoxy groups -OCH3 is 1. The number of nitrogens with zero attached hydrogens (tertiary/aromatic N) is 4. The largest absolute Gasteiger partial charge is 0.380 e. The first kappa shape index (κ1) is 13.2. The number of likely N-dealkylation sites (tertiary alicyclic amines) is 1. The lowest BCUT2D eigenvalue weighted by Gasteiger charge is -2.20. The van der Waals surface area contributed by atoms with Gasteiger partial charge in [0.05, 0.1) is 11.6 Å². The van der Waals surface area contributed by atoms with E-state index < -0.39 is 0 Å². The number of thiazole rings is 1. The average molecular weight is 294 g/mol. The summed E-state index contributed by atoms with van der Waals surface area (Å²) >= 11 is 1.39. The van der Waals surface area contributed by atoms with Gasteiger partial charge in [-0.05, 0) is 6.92 Å². The van der Waals surface area contributed by atoms with Crippen molar-refractivity contribution < 1.29 is 14.1 Å². The van der Waals surface area contributed by atoms with Gasteiger partial charge in [-0.1, -0.05) is 5.16 Å². The molecule has 1 aliphatic heterocycles. The van der Waals surface area contributed by atoms with Gasteiger partial charge < -0.3 is 14.2 Å². The highest BCUT2D eigenvalue weighted by Gasteiger charge is 2.40. The number of aryl methyl sites for hydroxylation is 1. The molecule has 0 spiro atoms. The Labute approximate surface area is 119 Å². The van der Waals surface area contributed by atoms with Crippen molar-refractivity contribution in [2.24, 2.45) is 0 Å².